The maximum Gasteiger partial charge on any atom is 0.0794 e. The van der Waals surface area contributed by atoms with E-state index >= 15 is 0 Å². The molecule has 0 amide bonds. The van der Waals surface area contributed by atoms with Crippen LogP contribution in [-0.2, 0) is 0 Å². The third kappa shape index (κ3) is 6.17. The predicted octanol–water partition coefficient (Wildman–Crippen LogP) is 2.58. The van der Waals surface area contributed by atoms with Gasteiger partial charge >= 0.3 is 0 Å². The highest BCUT2D eigenvalue weighted by Crippen LogP contribution is 2.10. The molecule has 0 bridgehead atoms. The van der Waals surface area contributed by atoms with Crippen molar-refractivity contribution in [2.24, 2.45) is 0 Å². The third-order valence-corrected chi connectivity index (χ3v) is 3.50. The molecule has 0 aromatic rings. The minimum Gasteiger partial charge on any atom is -0.390 e. The number of aliphatic hydroxyl groups excluding tert-OH is 1. The van der Waals surface area contributed by atoms with Gasteiger partial charge in [0.2, 0.25) is 0 Å². The molecular formula is C15H34N2O. The van der Waals surface area contributed by atoms with Crippen LogP contribution in [-0.4, -0.2) is 58.3 Å². The van der Waals surface area contributed by atoms with E-state index in [9.17, 15) is 5.11 Å². The topological polar surface area (TPSA) is 26.7 Å². The molecule has 0 rings (SSSR count). The second-order valence-corrected chi connectivity index (χ2v) is 6.42. The van der Waals surface area contributed by atoms with Crippen molar-refractivity contribution in [3.63, 3.8) is 0 Å². The van der Waals surface area contributed by atoms with Gasteiger partial charge in [-0.25, -0.2) is 0 Å². The van der Waals surface area contributed by atoms with E-state index < -0.39 is 0 Å². The predicted molar refractivity (Wildman–Crippen MR) is 80.0 cm³/mol. The fraction of sp³-hybridized carbons (Fsp3) is 1.00. The number of hydrogen-bond acceptors (Lipinski definition) is 3. The molecule has 3 nitrogen and oxygen atoms in total. The lowest BCUT2D eigenvalue weighted by molar-refractivity contribution is 0.0319. The largest absolute Gasteiger partial charge is 0.390 e. The number of rotatable bonds is 8. The second-order valence-electron chi connectivity index (χ2n) is 6.42. The lowest BCUT2D eigenvalue weighted by atomic mass is 10.1. The van der Waals surface area contributed by atoms with E-state index in [2.05, 4.69) is 65.2 Å². The zero-order valence-electron chi connectivity index (χ0n) is 13.6. The highest BCUT2D eigenvalue weighted by Gasteiger charge is 2.21. The van der Waals surface area contributed by atoms with E-state index in [0.717, 1.165) is 13.1 Å². The third-order valence-electron chi connectivity index (χ3n) is 3.50. The van der Waals surface area contributed by atoms with E-state index in [0.29, 0.717) is 24.2 Å². The van der Waals surface area contributed by atoms with Crippen LogP contribution in [0.1, 0.15) is 55.4 Å². The van der Waals surface area contributed by atoms with Crippen molar-refractivity contribution in [1.82, 2.24) is 9.80 Å². The van der Waals surface area contributed by atoms with Gasteiger partial charge in [0.1, 0.15) is 0 Å². The summed E-state index contributed by atoms with van der Waals surface area (Å²) in [7, 11) is 0. The maximum atomic E-state index is 10.3. The quantitative estimate of drug-likeness (QED) is 0.725. The summed E-state index contributed by atoms with van der Waals surface area (Å²) < 4.78 is 0. The number of hydrogen-bond donors (Lipinski definition) is 1. The molecule has 0 saturated carbocycles. The van der Waals surface area contributed by atoms with Gasteiger partial charge in [-0.1, -0.05) is 0 Å². The van der Waals surface area contributed by atoms with Gasteiger partial charge in [-0.3, -0.25) is 9.80 Å². The zero-order valence-corrected chi connectivity index (χ0v) is 13.6. The molecule has 0 aromatic carbocycles. The van der Waals surface area contributed by atoms with Gasteiger partial charge in [0.05, 0.1) is 6.10 Å². The summed E-state index contributed by atoms with van der Waals surface area (Å²) in [5.74, 6) is 0. The monoisotopic (exact) mass is 258 g/mol. The molecule has 18 heavy (non-hydrogen) atoms. The molecule has 0 aliphatic heterocycles. The summed E-state index contributed by atoms with van der Waals surface area (Å²) in [6.07, 6.45) is -0.278. The number of nitrogens with zero attached hydrogens (tertiary/aromatic N) is 2. The zero-order chi connectivity index (χ0) is 14.5. The van der Waals surface area contributed by atoms with Crippen molar-refractivity contribution < 1.29 is 5.11 Å². The van der Waals surface area contributed by atoms with Crippen LogP contribution in [0.25, 0.3) is 0 Å². The van der Waals surface area contributed by atoms with Crippen LogP contribution in [0.2, 0.25) is 0 Å². The Balaban J connectivity index is 4.42. The first-order valence-corrected chi connectivity index (χ1v) is 7.36. The molecule has 0 saturated heterocycles. The van der Waals surface area contributed by atoms with Crippen molar-refractivity contribution in [2.45, 2.75) is 85.7 Å². The summed E-state index contributed by atoms with van der Waals surface area (Å²) in [4.78, 5) is 4.70. The molecule has 0 fully saturated rings. The Morgan fingerprint density at radius 3 is 1.00 bits per heavy atom. The Morgan fingerprint density at radius 1 is 0.611 bits per heavy atom. The van der Waals surface area contributed by atoms with Crippen LogP contribution in [0.5, 0.6) is 0 Å². The molecule has 3 heteroatoms. The van der Waals surface area contributed by atoms with Gasteiger partial charge in [-0.15, -0.1) is 0 Å². The average Bonchev–Trinajstić information content (AvgIpc) is 2.20. The molecule has 1 N–H and O–H groups in total. The van der Waals surface area contributed by atoms with Crippen LogP contribution >= 0.6 is 0 Å². The van der Waals surface area contributed by atoms with Crippen LogP contribution in [0.3, 0.4) is 0 Å². The van der Waals surface area contributed by atoms with E-state index in [1.165, 1.54) is 0 Å². The molecule has 0 atom stereocenters. The number of aliphatic hydroxyl groups is 1. The van der Waals surface area contributed by atoms with Gasteiger partial charge in [0.15, 0.2) is 0 Å². The van der Waals surface area contributed by atoms with Gasteiger partial charge < -0.3 is 5.11 Å². The van der Waals surface area contributed by atoms with Crippen molar-refractivity contribution in [3.05, 3.63) is 0 Å². The fourth-order valence-electron chi connectivity index (χ4n) is 2.58. The lowest BCUT2D eigenvalue weighted by Gasteiger charge is -2.36. The summed E-state index contributed by atoms with van der Waals surface area (Å²) in [6, 6.07) is 1.91. The first-order chi connectivity index (χ1) is 8.16. The molecule has 0 aliphatic carbocycles. The lowest BCUT2D eigenvalue weighted by Crippen LogP contribution is -2.48. The Morgan fingerprint density at radius 2 is 0.833 bits per heavy atom. The van der Waals surface area contributed by atoms with E-state index in [1.807, 2.05) is 0 Å². The average molecular weight is 258 g/mol. The molecule has 0 radical (unpaired) electrons. The summed E-state index contributed by atoms with van der Waals surface area (Å²) >= 11 is 0. The van der Waals surface area contributed by atoms with Crippen molar-refractivity contribution >= 4 is 0 Å². The van der Waals surface area contributed by atoms with Crippen LogP contribution in [0.4, 0.5) is 0 Å². The minimum atomic E-state index is -0.278. The summed E-state index contributed by atoms with van der Waals surface area (Å²) in [5.41, 5.74) is 0. The Kier molecular flexibility index (Phi) is 8.08. The van der Waals surface area contributed by atoms with Crippen LogP contribution in [0.15, 0.2) is 0 Å². The first kappa shape index (κ1) is 17.9. The Bertz CT molecular complexity index is 177. The standard InChI is InChI=1S/C15H34N2O/c1-11(2)16(12(3)4)9-15(18)10-17(13(5)6)14(7)8/h11-15,18H,9-10H2,1-8H3. The molecule has 0 spiro atoms. The van der Waals surface area contributed by atoms with E-state index in [1.54, 1.807) is 0 Å². The van der Waals surface area contributed by atoms with Gasteiger partial charge in [0.25, 0.3) is 0 Å². The van der Waals surface area contributed by atoms with Gasteiger partial charge in [-0.2, -0.15) is 0 Å². The van der Waals surface area contributed by atoms with Gasteiger partial charge in [0, 0.05) is 37.3 Å². The van der Waals surface area contributed by atoms with E-state index in [4.69, 9.17) is 0 Å². The van der Waals surface area contributed by atoms with Crippen molar-refractivity contribution in [2.75, 3.05) is 13.1 Å². The van der Waals surface area contributed by atoms with E-state index in [-0.39, 0.29) is 6.10 Å². The molecule has 0 unspecified atom stereocenters. The molecule has 0 heterocycles. The maximum absolute atomic E-state index is 10.3. The summed E-state index contributed by atoms with van der Waals surface area (Å²) in [5, 5.41) is 10.3. The highest BCUT2D eigenvalue weighted by atomic mass is 16.3. The first-order valence-electron chi connectivity index (χ1n) is 7.36. The van der Waals surface area contributed by atoms with Crippen molar-refractivity contribution in [1.29, 1.82) is 0 Å². The minimum absolute atomic E-state index is 0.278. The highest BCUT2D eigenvalue weighted by molar-refractivity contribution is 4.76. The Labute approximate surface area is 114 Å². The normalized spacial score (nSPS) is 13.3. The molecule has 110 valence electrons. The van der Waals surface area contributed by atoms with Crippen LogP contribution in [0, 0.1) is 0 Å². The SMILES string of the molecule is CC(C)N(CC(O)CN(C(C)C)C(C)C)C(C)C. The van der Waals surface area contributed by atoms with Crippen LogP contribution < -0.4 is 0 Å². The Hall–Kier alpha value is -0.120. The molecule has 0 aromatic heterocycles. The second kappa shape index (κ2) is 8.13. The van der Waals surface area contributed by atoms with Gasteiger partial charge in [-0.05, 0) is 55.4 Å². The smallest absolute Gasteiger partial charge is 0.0794 e. The molecular weight excluding hydrogens is 224 g/mol. The fourth-order valence-corrected chi connectivity index (χ4v) is 2.58. The molecule has 0 aliphatic rings. The summed E-state index contributed by atoms with van der Waals surface area (Å²) in [6.45, 7) is 19.0. The van der Waals surface area contributed by atoms with Crippen molar-refractivity contribution in [3.8, 4) is 0 Å².